The summed E-state index contributed by atoms with van der Waals surface area (Å²) in [7, 11) is 1.58. The number of nitrogens with zero attached hydrogens (tertiary/aromatic N) is 1. The van der Waals surface area contributed by atoms with E-state index in [1.165, 1.54) is 0 Å². The SMILES string of the molecule is CCCOc1ccc(/C=C2\N=C(c3cccc(Br)c3)OC2=O)cc1OC. The lowest BCUT2D eigenvalue weighted by Gasteiger charge is -2.10. The quantitative estimate of drug-likeness (QED) is 0.511. The van der Waals surface area contributed by atoms with Crippen molar-refractivity contribution < 1.29 is 19.0 Å². The number of hydrogen-bond donors (Lipinski definition) is 0. The lowest BCUT2D eigenvalue weighted by atomic mass is 10.1. The Morgan fingerprint density at radius 2 is 2.04 bits per heavy atom. The van der Waals surface area contributed by atoms with E-state index in [1.54, 1.807) is 19.3 Å². The molecule has 0 aromatic heterocycles. The van der Waals surface area contributed by atoms with Crippen LogP contribution < -0.4 is 9.47 Å². The van der Waals surface area contributed by atoms with Crippen LogP contribution in [0.2, 0.25) is 0 Å². The van der Waals surface area contributed by atoms with E-state index in [9.17, 15) is 4.79 Å². The number of carbonyl (C=O) groups excluding carboxylic acids is 1. The summed E-state index contributed by atoms with van der Waals surface area (Å²) in [6.07, 6.45) is 2.58. The van der Waals surface area contributed by atoms with Gasteiger partial charge in [-0.25, -0.2) is 9.79 Å². The lowest BCUT2D eigenvalue weighted by molar-refractivity contribution is -0.129. The van der Waals surface area contributed by atoms with Crippen molar-refractivity contribution in [2.24, 2.45) is 4.99 Å². The first-order valence-corrected chi connectivity index (χ1v) is 8.99. The van der Waals surface area contributed by atoms with E-state index < -0.39 is 5.97 Å². The molecule has 3 rings (SSSR count). The molecule has 6 heteroatoms. The summed E-state index contributed by atoms with van der Waals surface area (Å²) in [5, 5.41) is 0. The van der Waals surface area contributed by atoms with Gasteiger partial charge in [0.15, 0.2) is 17.2 Å². The summed E-state index contributed by atoms with van der Waals surface area (Å²) >= 11 is 3.40. The van der Waals surface area contributed by atoms with Gasteiger partial charge in [-0.3, -0.25) is 0 Å². The molecule has 2 aromatic carbocycles. The molecule has 0 N–H and O–H groups in total. The number of aliphatic imine (C=N–C) groups is 1. The second kappa shape index (κ2) is 8.19. The van der Waals surface area contributed by atoms with Gasteiger partial charge in [0.05, 0.1) is 13.7 Å². The van der Waals surface area contributed by atoms with Gasteiger partial charge in [0, 0.05) is 10.0 Å². The Morgan fingerprint density at radius 3 is 2.77 bits per heavy atom. The highest BCUT2D eigenvalue weighted by molar-refractivity contribution is 9.10. The number of methoxy groups -OCH3 is 1. The standard InChI is InChI=1S/C20H18BrNO4/c1-3-9-25-17-8-7-13(11-18(17)24-2)10-16-20(23)26-19(22-16)14-5-4-6-15(21)12-14/h4-8,10-12H,3,9H2,1-2H3/b16-10-. The fourth-order valence-corrected chi connectivity index (χ4v) is 2.82. The molecule has 0 radical (unpaired) electrons. The molecule has 1 aliphatic heterocycles. The molecule has 134 valence electrons. The fourth-order valence-electron chi connectivity index (χ4n) is 2.42. The van der Waals surface area contributed by atoms with Gasteiger partial charge in [0.2, 0.25) is 5.90 Å². The fraction of sp³-hybridized carbons (Fsp3) is 0.200. The monoisotopic (exact) mass is 415 g/mol. The summed E-state index contributed by atoms with van der Waals surface area (Å²) in [6.45, 7) is 2.65. The van der Waals surface area contributed by atoms with Crippen molar-refractivity contribution in [2.75, 3.05) is 13.7 Å². The third-order valence-electron chi connectivity index (χ3n) is 3.64. The highest BCUT2D eigenvalue weighted by Crippen LogP contribution is 2.30. The minimum absolute atomic E-state index is 0.240. The Hall–Kier alpha value is -2.60. The highest BCUT2D eigenvalue weighted by Gasteiger charge is 2.24. The molecular formula is C20H18BrNO4. The van der Waals surface area contributed by atoms with Crippen molar-refractivity contribution in [3.05, 3.63) is 63.8 Å². The largest absolute Gasteiger partial charge is 0.493 e. The van der Waals surface area contributed by atoms with E-state index in [2.05, 4.69) is 20.9 Å². The number of rotatable bonds is 6. The van der Waals surface area contributed by atoms with Crippen LogP contribution >= 0.6 is 15.9 Å². The van der Waals surface area contributed by atoms with Gasteiger partial charge in [0.25, 0.3) is 0 Å². The number of ether oxygens (including phenoxy) is 3. The zero-order chi connectivity index (χ0) is 18.5. The van der Waals surface area contributed by atoms with E-state index >= 15 is 0 Å². The first kappa shape index (κ1) is 18.2. The van der Waals surface area contributed by atoms with Gasteiger partial charge < -0.3 is 14.2 Å². The zero-order valence-electron chi connectivity index (χ0n) is 14.5. The molecular weight excluding hydrogens is 398 g/mol. The van der Waals surface area contributed by atoms with Crippen LogP contribution in [0.15, 0.2) is 57.6 Å². The van der Waals surface area contributed by atoms with E-state index in [-0.39, 0.29) is 11.6 Å². The number of halogens is 1. The Labute approximate surface area is 160 Å². The number of cyclic esters (lactones) is 1. The molecule has 0 bridgehead atoms. The van der Waals surface area contributed by atoms with Crippen molar-refractivity contribution in [1.82, 2.24) is 0 Å². The van der Waals surface area contributed by atoms with Crippen LogP contribution in [0.4, 0.5) is 0 Å². The summed E-state index contributed by atoms with van der Waals surface area (Å²) in [5.74, 6) is 1.09. The van der Waals surface area contributed by atoms with Crippen molar-refractivity contribution in [2.45, 2.75) is 13.3 Å². The minimum Gasteiger partial charge on any atom is -0.493 e. The maximum Gasteiger partial charge on any atom is 0.363 e. The van der Waals surface area contributed by atoms with Crippen molar-refractivity contribution in [3.8, 4) is 11.5 Å². The minimum atomic E-state index is -0.481. The van der Waals surface area contributed by atoms with Crippen LogP contribution in [-0.4, -0.2) is 25.6 Å². The van der Waals surface area contributed by atoms with Gasteiger partial charge in [-0.2, -0.15) is 0 Å². The molecule has 0 fully saturated rings. The highest BCUT2D eigenvalue weighted by atomic mass is 79.9. The van der Waals surface area contributed by atoms with Gasteiger partial charge in [-0.05, 0) is 48.4 Å². The molecule has 1 aliphatic rings. The number of esters is 1. The van der Waals surface area contributed by atoms with Crippen molar-refractivity contribution in [1.29, 1.82) is 0 Å². The Bertz CT molecular complexity index is 889. The number of hydrogen-bond acceptors (Lipinski definition) is 5. The van der Waals surface area contributed by atoms with Crippen LogP contribution in [0, 0.1) is 0 Å². The maximum absolute atomic E-state index is 12.1. The molecule has 0 unspecified atom stereocenters. The Balaban J connectivity index is 1.88. The van der Waals surface area contributed by atoms with Gasteiger partial charge in [-0.1, -0.05) is 35.0 Å². The summed E-state index contributed by atoms with van der Waals surface area (Å²) in [6, 6.07) is 12.9. The van der Waals surface area contributed by atoms with Gasteiger partial charge in [-0.15, -0.1) is 0 Å². The van der Waals surface area contributed by atoms with Crippen LogP contribution in [0.5, 0.6) is 11.5 Å². The molecule has 1 heterocycles. The average molecular weight is 416 g/mol. The smallest absolute Gasteiger partial charge is 0.363 e. The predicted octanol–water partition coefficient (Wildman–Crippen LogP) is 4.59. The Morgan fingerprint density at radius 1 is 1.19 bits per heavy atom. The second-order valence-corrected chi connectivity index (χ2v) is 6.52. The molecule has 0 spiro atoms. The first-order chi connectivity index (χ1) is 12.6. The van der Waals surface area contributed by atoms with Crippen LogP contribution in [0.3, 0.4) is 0 Å². The third-order valence-corrected chi connectivity index (χ3v) is 4.14. The normalized spacial score (nSPS) is 15.0. The summed E-state index contributed by atoms with van der Waals surface area (Å²) < 4.78 is 17.2. The molecule has 0 atom stereocenters. The van der Waals surface area contributed by atoms with Crippen LogP contribution in [-0.2, 0) is 9.53 Å². The lowest BCUT2D eigenvalue weighted by Crippen LogP contribution is -2.05. The predicted molar refractivity (Wildman–Crippen MR) is 104 cm³/mol. The molecule has 0 saturated heterocycles. The van der Waals surface area contributed by atoms with E-state index in [0.717, 1.165) is 22.0 Å². The second-order valence-electron chi connectivity index (χ2n) is 5.61. The molecule has 26 heavy (non-hydrogen) atoms. The summed E-state index contributed by atoms with van der Waals surface area (Å²) in [4.78, 5) is 16.5. The maximum atomic E-state index is 12.1. The zero-order valence-corrected chi connectivity index (χ0v) is 16.1. The van der Waals surface area contributed by atoms with Crippen LogP contribution in [0.1, 0.15) is 24.5 Å². The van der Waals surface area contributed by atoms with Gasteiger partial charge >= 0.3 is 5.97 Å². The Kier molecular flexibility index (Phi) is 5.73. The van der Waals surface area contributed by atoms with Crippen molar-refractivity contribution in [3.63, 3.8) is 0 Å². The average Bonchev–Trinajstić information content (AvgIpc) is 3.01. The van der Waals surface area contributed by atoms with Crippen molar-refractivity contribution >= 4 is 33.9 Å². The van der Waals surface area contributed by atoms with E-state index in [4.69, 9.17) is 14.2 Å². The summed E-state index contributed by atoms with van der Waals surface area (Å²) in [5.41, 5.74) is 1.75. The number of carbonyl (C=O) groups is 1. The molecule has 0 aliphatic carbocycles. The third kappa shape index (κ3) is 4.14. The van der Waals surface area contributed by atoms with E-state index in [1.807, 2.05) is 43.3 Å². The number of benzene rings is 2. The van der Waals surface area contributed by atoms with Gasteiger partial charge in [0.1, 0.15) is 0 Å². The molecule has 2 aromatic rings. The van der Waals surface area contributed by atoms with Crippen LogP contribution in [0.25, 0.3) is 6.08 Å². The topological polar surface area (TPSA) is 57.1 Å². The molecule has 0 saturated carbocycles. The van der Waals surface area contributed by atoms with E-state index in [0.29, 0.717) is 18.1 Å². The molecule has 5 nitrogen and oxygen atoms in total. The molecule has 0 amide bonds. The first-order valence-electron chi connectivity index (χ1n) is 8.20.